The maximum atomic E-state index is 13.2. The predicted octanol–water partition coefficient (Wildman–Crippen LogP) is 4.08. The van der Waals surface area contributed by atoms with Crippen LogP contribution < -0.4 is 14.9 Å². The SMILES string of the molecule is COc1cccc(-c2ccc(C[n+]3c(O)c(-c4ccccc4)c(=O)n4ccccc43)cn2)c1. The highest BCUT2D eigenvalue weighted by atomic mass is 16.5. The molecule has 5 aromatic rings. The molecular weight excluding hydrogens is 414 g/mol. The zero-order chi connectivity index (χ0) is 22.8. The third-order valence-corrected chi connectivity index (χ3v) is 5.62. The number of aromatic hydroxyl groups is 1. The first-order valence-corrected chi connectivity index (χ1v) is 10.6. The summed E-state index contributed by atoms with van der Waals surface area (Å²) in [5, 5.41) is 11.2. The van der Waals surface area contributed by atoms with Crippen LogP contribution in [0.15, 0.2) is 102 Å². The Morgan fingerprint density at radius 2 is 1.73 bits per heavy atom. The number of methoxy groups -OCH3 is 1. The minimum atomic E-state index is -0.267. The first-order chi connectivity index (χ1) is 16.2. The highest BCUT2D eigenvalue weighted by Crippen LogP contribution is 2.24. The number of fused-ring (bicyclic) bond motifs is 1. The number of pyridine rings is 2. The molecule has 1 N–H and O–H groups in total. The van der Waals surface area contributed by atoms with Gasteiger partial charge < -0.3 is 9.84 Å². The first-order valence-electron chi connectivity index (χ1n) is 10.6. The molecule has 162 valence electrons. The third kappa shape index (κ3) is 3.83. The molecule has 0 atom stereocenters. The zero-order valence-electron chi connectivity index (χ0n) is 18.1. The Balaban J connectivity index is 1.58. The molecule has 6 heteroatoms. The smallest absolute Gasteiger partial charge is 0.354 e. The van der Waals surface area contributed by atoms with Gasteiger partial charge in [-0.3, -0.25) is 4.98 Å². The number of hydrogen-bond acceptors (Lipinski definition) is 4. The second-order valence-corrected chi connectivity index (χ2v) is 7.67. The van der Waals surface area contributed by atoms with Crippen molar-refractivity contribution in [3.05, 3.63) is 113 Å². The summed E-state index contributed by atoms with van der Waals surface area (Å²) in [5.74, 6) is 0.697. The number of aromatic nitrogens is 3. The van der Waals surface area contributed by atoms with Crippen molar-refractivity contribution in [3.63, 3.8) is 0 Å². The number of benzene rings is 2. The summed E-state index contributed by atoms with van der Waals surface area (Å²) in [7, 11) is 1.64. The molecular formula is C27H22N3O3+. The Morgan fingerprint density at radius 3 is 2.48 bits per heavy atom. The molecule has 0 aliphatic carbocycles. The van der Waals surface area contributed by atoms with E-state index in [-0.39, 0.29) is 17.0 Å². The summed E-state index contributed by atoms with van der Waals surface area (Å²) in [6, 6.07) is 26.3. The molecule has 0 amide bonds. The molecule has 2 aromatic carbocycles. The van der Waals surface area contributed by atoms with E-state index in [1.165, 1.54) is 0 Å². The van der Waals surface area contributed by atoms with Crippen LogP contribution >= 0.6 is 0 Å². The molecule has 3 heterocycles. The molecule has 0 radical (unpaired) electrons. The van der Waals surface area contributed by atoms with E-state index in [0.29, 0.717) is 17.8 Å². The van der Waals surface area contributed by atoms with E-state index in [2.05, 4.69) is 4.98 Å². The minimum absolute atomic E-state index is 0.0747. The van der Waals surface area contributed by atoms with Crippen LogP contribution in [0.2, 0.25) is 0 Å². The van der Waals surface area contributed by atoms with Crippen molar-refractivity contribution in [1.29, 1.82) is 0 Å². The van der Waals surface area contributed by atoms with Gasteiger partial charge in [0.1, 0.15) is 12.3 Å². The Bertz CT molecular complexity index is 1490. The first kappa shape index (κ1) is 20.5. The average molecular weight is 436 g/mol. The van der Waals surface area contributed by atoms with Crippen molar-refractivity contribution in [3.8, 4) is 34.0 Å². The van der Waals surface area contributed by atoms with Crippen molar-refractivity contribution >= 4 is 5.65 Å². The summed E-state index contributed by atoms with van der Waals surface area (Å²) < 4.78 is 8.59. The van der Waals surface area contributed by atoms with Crippen molar-refractivity contribution in [1.82, 2.24) is 9.38 Å². The van der Waals surface area contributed by atoms with Crippen molar-refractivity contribution < 1.29 is 14.4 Å². The van der Waals surface area contributed by atoms with E-state index in [4.69, 9.17) is 4.74 Å². The lowest BCUT2D eigenvalue weighted by Gasteiger charge is -2.10. The van der Waals surface area contributed by atoms with Crippen LogP contribution in [0.5, 0.6) is 11.6 Å². The summed E-state index contributed by atoms with van der Waals surface area (Å²) in [6.07, 6.45) is 3.50. The summed E-state index contributed by atoms with van der Waals surface area (Å²) in [5.41, 5.74) is 3.93. The van der Waals surface area contributed by atoms with Crippen LogP contribution in [0.1, 0.15) is 5.56 Å². The minimum Gasteiger partial charge on any atom is -0.497 e. The van der Waals surface area contributed by atoms with Gasteiger partial charge in [-0.05, 0) is 29.8 Å². The molecule has 0 aliphatic rings. The molecule has 0 unspecified atom stereocenters. The van der Waals surface area contributed by atoms with Crippen LogP contribution in [-0.2, 0) is 6.54 Å². The van der Waals surface area contributed by atoms with Gasteiger partial charge in [0, 0.05) is 23.4 Å². The summed E-state index contributed by atoms with van der Waals surface area (Å²) in [6.45, 7) is 0.352. The third-order valence-electron chi connectivity index (χ3n) is 5.62. The average Bonchev–Trinajstić information content (AvgIpc) is 2.88. The Kier molecular flexibility index (Phi) is 5.32. The Hall–Kier alpha value is -4.45. The van der Waals surface area contributed by atoms with Crippen LogP contribution in [-0.4, -0.2) is 21.6 Å². The molecule has 0 fully saturated rings. The Morgan fingerprint density at radius 1 is 0.939 bits per heavy atom. The van der Waals surface area contributed by atoms with E-state index in [9.17, 15) is 9.90 Å². The van der Waals surface area contributed by atoms with Crippen LogP contribution in [0, 0.1) is 0 Å². The van der Waals surface area contributed by atoms with Crippen molar-refractivity contribution in [2.24, 2.45) is 0 Å². The van der Waals surface area contributed by atoms with Gasteiger partial charge in [0.25, 0.3) is 11.5 Å². The maximum absolute atomic E-state index is 13.2. The predicted molar refractivity (Wildman–Crippen MR) is 126 cm³/mol. The maximum Gasteiger partial charge on any atom is 0.354 e. The van der Waals surface area contributed by atoms with Crippen LogP contribution in [0.3, 0.4) is 0 Å². The number of hydrogen-bond donors (Lipinski definition) is 1. The molecule has 0 aliphatic heterocycles. The largest absolute Gasteiger partial charge is 0.497 e. The van der Waals surface area contributed by atoms with Crippen LogP contribution in [0.4, 0.5) is 0 Å². The molecule has 0 bridgehead atoms. The summed E-state index contributed by atoms with van der Waals surface area (Å²) >= 11 is 0. The van der Waals surface area contributed by atoms with Gasteiger partial charge in [-0.15, -0.1) is 0 Å². The van der Waals surface area contributed by atoms with Gasteiger partial charge in [0.2, 0.25) is 0 Å². The van der Waals surface area contributed by atoms with Gasteiger partial charge >= 0.3 is 5.56 Å². The van der Waals surface area contributed by atoms with E-state index < -0.39 is 0 Å². The second-order valence-electron chi connectivity index (χ2n) is 7.67. The van der Waals surface area contributed by atoms with Crippen molar-refractivity contribution in [2.45, 2.75) is 6.54 Å². The lowest BCUT2D eigenvalue weighted by atomic mass is 10.1. The van der Waals surface area contributed by atoms with E-state index in [1.807, 2.05) is 78.9 Å². The van der Waals surface area contributed by atoms with E-state index in [1.54, 1.807) is 34.5 Å². The van der Waals surface area contributed by atoms with Crippen LogP contribution in [0.25, 0.3) is 28.0 Å². The fraction of sp³-hybridized carbons (Fsp3) is 0.0741. The van der Waals surface area contributed by atoms with Gasteiger partial charge in [-0.2, -0.15) is 8.97 Å². The molecule has 6 nitrogen and oxygen atoms in total. The standard InChI is InChI=1S/C27H21N3O3/c1-33-22-11-7-10-21(16-22)23-14-13-19(17-28-23)18-30-24-12-5-6-15-29(24)26(31)25(27(30)32)20-8-3-2-4-9-20/h2-17H,18H2,1H3/p+1. The highest BCUT2D eigenvalue weighted by molar-refractivity contribution is 5.67. The zero-order valence-corrected chi connectivity index (χ0v) is 18.1. The van der Waals surface area contributed by atoms with Gasteiger partial charge in [-0.25, -0.2) is 4.79 Å². The molecule has 5 rings (SSSR count). The number of ether oxygens (including phenoxy) is 1. The van der Waals surface area contributed by atoms with E-state index >= 15 is 0 Å². The molecule has 0 saturated heterocycles. The number of rotatable bonds is 5. The lowest BCUT2D eigenvalue weighted by Crippen LogP contribution is -2.41. The Labute approximate surface area is 190 Å². The fourth-order valence-electron chi connectivity index (χ4n) is 3.95. The van der Waals surface area contributed by atoms with Crippen molar-refractivity contribution in [2.75, 3.05) is 7.11 Å². The van der Waals surface area contributed by atoms with E-state index in [0.717, 1.165) is 22.6 Å². The highest BCUT2D eigenvalue weighted by Gasteiger charge is 2.24. The van der Waals surface area contributed by atoms with Gasteiger partial charge in [0.05, 0.1) is 19.0 Å². The van der Waals surface area contributed by atoms with Gasteiger partial charge in [-0.1, -0.05) is 54.6 Å². The normalized spacial score (nSPS) is 10.9. The quantitative estimate of drug-likeness (QED) is 0.422. The molecule has 33 heavy (non-hydrogen) atoms. The molecule has 0 saturated carbocycles. The topological polar surface area (TPSA) is 67.7 Å². The lowest BCUT2D eigenvalue weighted by molar-refractivity contribution is -0.671. The summed E-state index contributed by atoms with van der Waals surface area (Å²) in [4.78, 5) is 17.8. The molecule has 0 spiro atoms. The monoisotopic (exact) mass is 436 g/mol. The number of nitrogens with zero attached hydrogens (tertiary/aromatic N) is 3. The fourth-order valence-corrected chi connectivity index (χ4v) is 3.95. The van der Waals surface area contributed by atoms with Gasteiger partial charge in [0.15, 0.2) is 5.56 Å². The second kappa shape index (κ2) is 8.59. The molecule has 3 aromatic heterocycles.